The molecule has 4 rings (SSSR count). The third-order valence-corrected chi connectivity index (χ3v) is 5.62. The molecule has 28 heavy (non-hydrogen) atoms. The number of rotatable bonds is 2. The number of morpholine rings is 1. The highest BCUT2D eigenvalue weighted by atomic mass is 35.5. The van der Waals surface area contributed by atoms with Crippen molar-refractivity contribution in [2.75, 3.05) is 37.7 Å². The molecule has 0 aliphatic carbocycles. The molecule has 146 valence electrons. The Hall–Kier alpha value is -2.28. The van der Waals surface area contributed by atoms with Gasteiger partial charge in [0.25, 0.3) is 11.8 Å². The van der Waals surface area contributed by atoms with Crippen molar-refractivity contribution < 1.29 is 19.1 Å². The summed E-state index contributed by atoms with van der Waals surface area (Å²) in [5.41, 5.74) is 0.873. The number of amides is 2. The molecule has 0 saturated carbocycles. The standard InChI is InChI=1S/C20H18Cl2N2O4/c21-14-5-3-4-13(18(14)22)19(25)24-12-17(20(26)23-8-10-27-11-9-23)28-16-7-2-1-6-15(16)24/h1-7,17H,8-12H2. The Morgan fingerprint density at radius 1 is 1.00 bits per heavy atom. The SMILES string of the molecule is O=C(C1CN(C(=O)c2cccc(Cl)c2Cl)c2ccccc2O1)N1CCOCC1. The van der Waals surface area contributed by atoms with Crippen LogP contribution in [0, 0.1) is 0 Å². The van der Waals surface area contributed by atoms with Crippen LogP contribution < -0.4 is 9.64 Å². The average molecular weight is 421 g/mol. The predicted octanol–water partition coefficient (Wildman–Crippen LogP) is 3.26. The molecule has 1 fully saturated rings. The second kappa shape index (κ2) is 7.99. The van der Waals surface area contributed by atoms with Gasteiger partial charge in [-0.05, 0) is 24.3 Å². The summed E-state index contributed by atoms with van der Waals surface area (Å²) in [5.74, 6) is -0.0114. The van der Waals surface area contributed by atoms with Crippen molar-refractivity contribution in [3.63, 3.8) is 0 Å². The molecule has 2 aromatic carbocycles. The highest BCUT2D eigenvalue weighted by molar-refractivity contribution is 6.44. The topological polar surface area (TPSA) is 59.1 Å². The Balaban J connectivity index is 1.66. The molecular formula is C20H18Cl2N2O4. The number of halogens is 2. The van der Waals surface area contributed by atoms with E-state index >= 15 is 0 Å². The zero-order chi connectivity index (χ0) is 19.7. The maximum absolute atomic E-state index is 13.3. The number of nitrogens with zero attached hydrogens (tertiary/aromatic N) is 2. The Morgan fingerprint density at radius 2 is 1.75 bits per heavy atom. The molecule has 0 aromatic heterocycles. The number of hydrogen-bond donors (Lipinski definition) is 0. The van der Waals surface area contributed by atoms with E-state index < -0.39 is 6.10 Å². The first kappa shape index (κ1) is 19.1. The molecular weight excluding hydrogens is 403 g/mol. The van der Waals surface area contributed by atoms with Gasteiger partial charge in [-0.15, -0.1) is 0 Å². The fraction of sp³-hybridized carbons (Fsp3) is 0.300. The van der Waals surface area contributed by atoms with Crippen LogP contribution in [0.3, 0.4) is 0 Å². The van der Waals surface area contributed by atoms with E-state index in [4.69, 9.17) is 32.7 Å². The van der Waals surface area contributed by atoms with Crippen LogP contribution in [0.1, 0.15) is 10.4 Å². The first-order chi connectivity index (χ1) is 13.6. The third-order valence-electron chi connectivity index (χ3n) is 4.80. The van der Waals surface area contributed by atoms with Crippen molar-refractivity contribution in [3.05, 3.63) is 58.1 Å². The minimum absolute atomic E-state index is 0.0921. The van der Waals surface area contributed by atoms with Crippen molar-refractivity contribution in [1.82, 2.24) is 4.90 Å². The van der Waals surface area contributed by atoms with Gasteiger partial charge in [0.1, 0.15) is 5.75 Å². The summed E-state index contributed by atoms with van der Waals surface area (Å²) in [7, 11) is 0. The maximum atomic E-state index is 13.3. The van der Waals surface area contributed by atoms with Crippen molar-refractivity contribution in [1.29, 1.82) is 0 Å². The lowest BCUT2D eigenvalue weighted by Gasteiger charge is -2.37. The third kappa shape index (κ3) is 3.55. The summed E-state index contributed by atoms with van der Waals surface area (Å²) in [6.45, 7) is 2.10. The predicted molar refractivity (Wildman–Crippen MR) is 106 cm³/mol. The minimum atomic E-state index is -0.796. The van der Waals surface area contributed by atoms with Crippen LogP contribution in [-0.2, 0) is 9.53 Å². The number of hydrogen-bond acceptors (Lipinski definition) is 4. The van der Waals surface area contributed by atoms with Gasteiger partial charge in [0.2, 0.25) is 0 Å². The maximum Gasteiger partial charge on any atom is 0.265 e. The van der Waals surface area contributed by atoms with Crippen LogP contribution in [0.5, 0.6) is 5.75 Å². The summed E-state index contributed by atoms with van der Waals surface area (Å²) in [6.07, 6.45) is -0.796. The molecule has 2 amide bonds. The molecule has 0 N–H and O–H groups in total. The average Bonchev–Trinajstić information content (AvgIpc) is 2.74. The summed E-state index contributed by atoms with van der Waals surface area (Å²) < 4.78 is 11.2. The van der Waals surface area contributed by atoms with Gasteiger partial charge >= 0.3 is 0 Å². The van der Waals surface area contributed by atoms with Gasteiger partial charge in [-0.2, -0.15) is 0 Å². The summed E-state index contributed by atoms with van der Waals surface area (Å²) in [4.78, 5) is 29.4. The second-order valence-corrected chi connectivity index (χ2v) is 7.31. The first-order valence-electron chi connectivity index (χ1n) is 8.94. The van der Waals surface area contributed by atoms with Gasteiger partial charge in [0.05, 0.1) is 41.1 Å². The van der Waals surface area contributed by atoms with Gasteiger partial charge < -0.3 is 19.3 Å². The number of carbonyl (C=O) groups is 2. The summed E-state index contributed by atoms with van der Waals surface area (Å²) >= 11 is 12.3. The fourth-order valence-electron chi connectivity index (χ4n) is 3.36. The van der Waals surface area contributed by atoms with Gasteiger partial charge in [0.15, 0.2) is 6.10 Å². The summed E-state index contributed by atoms with van der Waals surface area (Å²) in [5, 5.41) is 0.490. The highest BCUT2D eigenvalue weighted by Crippen LogP contribution is 2.36. The monoisotopic (exact) mass is 420 g/mol. The lowest BCUT2D eigenvalue weighted by molar-refractivity contribution is -0.142. The molecule has 1 saturated heterocycles. The van der Waals surface area contributed by atoms with E-state index in [1.165, 1.54) is 4.90 Å². The highest BCUT2D eigenvalue weighted by Gasteiger charge is 2.37. The number of fused-ring (bicyclic) bond motifs is 1. The Kier molecular flexibility index (Phi) is 5.44. The van der Waals surface area contributed by atoms with E-state index in [-0.39, 0.29) is 28.9 Å². The van der Waals surface area contributed by atoms with Crippen LogP contribution in [0.15, 0.2) is 42.5 Å². The van der Waals surface area contributed by atoms with Gasteiger partial charge in [-0.3, -0.25) is 9.59 Å². The lowest BCUT2D eigenvalue weighted by Crippen LogP contribution is -2.54. The van der Waals surface area contributed by atoms with E-state index in [9.17, 15) is 9.59 Å². The quantitative estimate of drug-likeness (QED) is 0.747. The van der Waals surface area contributed by atoms with Crippen molar-refractivity contribution >= 4 is 40.7 Å². The Morgan fingerprint density at radius 3 is 2.54 bits per heavy atom. The number of ether oxygens (including phenoxy) is 2. The van der Waals surface area contributed by atoms with Crippen LogP contribution in [0.2, 0.25) is 10.0 Å². The first-order valence-corrected chi connectivity index (χ1v) is 9.70. The van der Waals surface area contributed by atoms with Gasteiger partial charge in [-0.1, -0.05) is 41.4 Å². The van der Waals surface area contributed by atoms with E-state index in [1.54, 1.807) is 41.3 Å². The van der Waals surface area contributed by atoms with Crippen LogP contribution in [0.4, 0.5) is 5.69 Å². The van der Waals surface area contributed by atoms with Gasteiger partial charge in [0, 0.05) is 13.1 Å². The molecule has 2 aliphatic rings. The molecule has 0 radical (unpaired) electrons. The largest absolute Gasteiger partial charge is 0.476 e. The van der Waals surface area contributed by atoms with Gasteiger partial charge in [-0.25, -0.2) is 0 Å². The molecule has 6 nitrogen and oxygen atoms in total. The van der Waals surface area contributed by atoms with Crippen LogP contribution in [0.25, 0.3) is 0 Å². The molecule has 2 aliphatic heterocycles. The smallest absolute Gasteiger partial charge is 0.265 e. The normalized spacial score (nSPS) is 19.0. The Bertz CT molecular complexity index is 915. The molecule has 0 spiro atoms. The van der Waals surface area contributed by atoms with E-state index in [1.807, 2.05) is 6.07 Å². The number of para-hydroxylation sites is 2. The van der Waals surface area contributed by atoms with Crippen LogP contribution >= 0.6 is 23.2 Å². The molecule has 1 unspecified atom stereocenters. The Labute approximate surface area is 172 Å². The van der Waals surface area contributed by atoms with Crippen molar-refractivity contribution in [2.24, 2.45) is 0 Å². The fourth-order valence-corrected chi connectivity index (χ4v) is 3.74. The lowest BCUT2D eigenvalue weighted by atomic mass is 10.1. The van der Waals surface area contributed by atoms with E-state index in [0.717, 1.165) is 0 Å². The minimum Gasteiger partial charge on any atom is -0.476 e. The number of anilines is 1. The van der Waals surface area contributed by atoms with E-state index in [0.29, 0.717) is 42.8 Å². The molecule has 8 heteroatoms. The zero-order valence-electron chi connectivity index (χ0n) is 14.9. The van der Waals surface area contributed by atoms with Crippen molar-refractivity contribution in [2.45, 2.75) is 6.10 Å². The van der Waals surface area contributed by atoms with E-state index in [2.05, 4.69) is 0 Å². The molecule has 2 aromatic rings. The molecule has 2 heterocycles. The second-order valence-electron chi connectivity index (χ2n) is 6.53. The van der Waals surface area contributed by atoms with Crippen LogP contribution in [-0.4, -0.2) is 55.7 Å². The number of benzene rings is 2. The van der Waals surface area contributed by atoms with Crippen molar-refractivity contribution in [3.8, 4) is 5.75 Å². The number of carbonyl (C=O) groups excluding carboxylic acids is 2. The zero-order valence-corrected chi connectivity index (χ0v) is 16.4. The molecule has 0 bridgehead atoms. The molecule has 1 atom stereocenters. The summed E-state index contributed by atoms with van der Waals surface area (Å²) in [6, 6.07) is 12.0.